The smallest absolute Gasteiger partial charge is 0.163 e. The summed E-state index contributed by atoms with van der Waals surface area (Å²) in [6.07, 6.45) is 1.90. The van der Waals surface area contributed by atoms with Crippen molar-refractivity contribution < 1.29 is 13.2 Å². The van der Waals surface area contributed by atoms with Crippen LogP contribution in [0.5, 0.6) is 0 Å². The summed E-state index contributed by atoms with van der Waals surface area (Å²) in [6, 6.07) is 1.76. The van der Waals surface area contributed by atoms with E-state index in [1.54, 1.807) is 11.4 Å². The Hall–Kier alpha value is -0.680. The normalized spacial score (nSPS) is 11.5. The lowest BCUT2D eigenvalue weighted by molar-refractivity contribution is 0.0982. The third-order valence-electron chi connectivity index (χ3n) is 1.76. The van der Waals surface area contributed by atoms with Crippen LogP contribution in [-0.2, 0) is 9.84 Å². The van der Waals surface area contributed by atoms with Gasteiger partial charge in [0.2, 0.25) is 0 Å². The van der Waals surface area contributed by atoms with E-state index in [4.69, 9.17) is 0 Å². The molecule has 0 N–H and O–H groups in total. The average molecular weight is 232 g/mol. The summed E-state index contributed by atoms with van der Waals surface area (Å²) < 4.78 is 21.6. The highest BCUT2D eigenvalue weighted by Gasteiger charge is 2.08. The SMILES string of the molecule is CS(=O)(=O)CCCC(=O)c1ccsc1. The molecule has 0 atom stereocenters. The molecule has 0 aliphatic heterocycles. The number of carbonyl (C=O) groups is 1. The number of thiophene rings is 1. The van der Waals surface area contributed by atoms with E-state index in [1.807, 2.05) is 5.38 Å². The summed E-state index contributed by atoms with van der Waals surface area (Å²) in [7, 11) is -2.94. The Kier molecular flexibility index (Phi) is 3.83. The number of ketones is 1. The van der Waals surface area contributed by atoms with Crippen LogP contribution in [0.3, 0.4) is 0 Å². The molecule has 3 nitrogen and oxygen atoms in total. The van der Waals surface area contributed by atoms with E-state index in [9.17, 15) is 13.2 Å². The summed E-state index contributed by atoms with van der Waals surface area (Å²) >= 11 is 1.47. The van der Waals surface area contributed by atoms with Crippen molar-refractivity contribution in [3.8, 4) is 0 Å². The van der Waals surface area contributed by atoms with Crippen molar-refractivity contribution >= 4 is 27.0 Å². The molecule has 1 aromatic heterocycles. The van der Waals surface area contributed by atoms with Gasteiger partial charge in [-0.2, -0.15) is 11.3 Å². The molecule has 1 aromatic rings. The molecule has 5 heteroatoms. The van der Waals surface area contributed by atoms with Crippen LogP contribution in [0.4, 0.5) is 0 Å². The first-order chi connectivity index (χ1) is 6.49. The summed E-state index contributed by atoms with van der Waals surface area (Å²) in [4.78, 5) is 11.4. The highest BCUT2D eigenvalue weighted by molar-refractivity contribution is 7.90. The zero-order valence-electron chi connectivity index (χ0n) is 7.89. The monoisotopic (exact) mass is 232 g/mol. The molecule has 0 aliphatic carbocycles. The lowest BCUT2D eigenvalue weighted by Crippen LogP contribution is -2.06. The summed E-state index contributed by atoms with van der Waals surface area (Å²) in [6.45, 7) is 0. The van der Waals surface area contributed by atoms with Crippen LogP contribution in [0.2, 0.25) is 0 Å². The quantitative estimate of drug-likeness (QED) is 0.727. The topological polar surface area (TPSA) is 51.2 Å². The molecule has 0 unspecified atom stereocenters. The van der Waals surface area contributed by atoms with Gasteiger partial charge in [-0.15, -0.1) is 0 Å². The maximum atomic E-state index is 11.4. The van der Waals surface area contributed by atoms with Crippen molar-refractivity contribution in [3.05, 3.63) is 22.4 Å². The van der Waals surface area contributed by atoms with Gasteiger partial charge in [-0.1, -0.05) is 0 Å². The number of carbonyl (C=O) groups excluding carboxylic acids is 1. The minimum Gasteiger partial charge on any atom is -0.294 e. The predicted molar refractivity (Wildman–Crippen MR) is 57.6 cm³/mol. The van der Waals surface area contributed by atoms with Crippen LogP contribution in [0, 0.1) is 0 Å². The van der Waals surface area contributed by atoms with Crippen LogP contribution in [0.15, 0.2) is 16.8 Å². The first kappa shape index (κ1) is 11.4. The van der Waals surface area contributed by atoms with Gasteiger partial charge in [0.1, 0.15) is 9.84 Å². The van der Waals surface area contributed by atoms with E-state index in [2.05, 4.69) is 0 Å². The molecule has 78 valence electrons. The Bertz CT molecular complexity index is 390. The number of Topliss-reactive ketones (excluding diaryl/α,β-unsaturated/α-hetero) is 1. The van der Waals surface area contributed by atoms with E-state index in [-0.39, 0.29) is 11.5 Å². The lowest BCUT2D eigenvalue weighted by atomic mass is 10.1. The maximum Gasteiger partial charge on any atom is 0.163 e. The van der Waals surface area contributed by atoms with E-state index in [0.29, 0.717) is 18.4 Å². The second-order valence-corrected chi connectivity index (χ2v) is 6.21. The molecule has 1 heterocycles. The van der Waals surface area contributed by atoms with E-state index >= 15 is 0 Å². The van der Waals surface area contributed by atoms with E-state index in [1.165, 1.54) is 17.6 Å². The maximum absolute atomic E-state index is 11.4. The Morgan fingerprint density at radius 1 is 1.50 bits per heavy atom. The molecule has 0 aromatic carbocycles. The second-order valence-electron chi connectivity index (χ2n) is 3.17. The van der Waals surface area contributed by atoms with E-state index in [0.717, 1.165) is 0 Å². The zero-order valence-corrected chi connectivity index (χ0v) is 9.53. The average Bonchev–Trinajstić information content (AvgIpc) is 2.53. The minimum absolute atomic E-state index is 0.0231. The predicted octanol–water partition coefficient (Wildman–Crippen LogP) is 1.76. The Morgan fingerprint density at radius 2 is 2.21 bits per heavy atom. The Balaban J connectivity index is 2.37. The Morgan fingerprint density at radius 3 is 2.71 bits per heavy atom. The van der Waals surface area contributed by atoms with Crippen molar-refractivity contribution in [1.29, 1.82) is 0 Å². The second kappa shape index (κ2) is 4.70. The number of hydrogen-bond acceptors (Lipinski definition) is 4. The van der Waals surface area contributed by atoms with Crippen molar-refractivity contribution in [2.75, 3.05) is 12.0 Å². The molecule has 0 fully saturated rings. The molecule has 0 aliphatic rings. The molecule has 14 heavy (non-hydrogen) atoms. The van der Waals surface area contributed by atoms with Gasteiger partial charge in [-0.05, 0) is 17.9 Å². The zero-order chi connectivity index (χ0) is 10.6. The molecule has 0 saturated carbocycles. The van der Waals surface area contributed by atoms with Crippen molar-refractivity contribution in [1.82, 2.24) is 0 Å². The van der Waals surface area contributed by atoms with Gasteiger partial charge in [0.15, 0.2) is 5.78 Å². The highest BCUT2D eigenvalue weighted by atomic mass is 32.2. The van der Waals surface area contributed by atoms with Gasteiger partial charge < -0.3 is 0 Å². The fourth-order valence-corrected chi connectivity index (χ4v) is 2.39. The molecule has 0 amide bonds. The highest BCUT2D eigenvalue weighted by Crippen LogP contribution is 2.10. The molecule has 0 spiro atoms. The van der Waals surface area contributed by atoms with Gasteiger partial charge in [0.25, 0.3) is 0 Å². The third kappa shape index (κ3) is 4.02. The van der Waals surface area contributed by atoms with Gasteiger partial charge in [0.05, 0.1) is 5.75 Å². The summed E-state index contributed by atoms with van der Waals surface area (Å²) in [5.41, 5.74) is 0.684. The minimum atomic E-state index is -2.94. The van der Waals surface area contributed by atoms with Crippen molar-refractivity contribution in [2.24, 2.45) is 0 Å². The lowest BCUT2D eigenvalue weighted by Gasteiger charge is -1.97. The van der Waals surface area contributed by atoms with Gasteiger partial charge >= 0.3 is 0 Å². The van der Waals surface area contributed by atoms with Gasteiger partial charge in [0, 0.05) is 23.6 Å². The molecule has 0 bridgehead atoms. The van der Waals surface area contributed by atoms with Crippen LogP contribution in [0.25, 0.3) is 0 Å². The number of sulfone groups is 1. The largest absolute Gasteiger partial charge is 0.294 e. The molecule has 0 radical (unpaired) electrons. The van der Waals surface area contributed by atoms with Crippen LogP contribution in [-0.4, -0.2) is 26.2 Å². The summed E-state index contributed by atoms with van der Waals surface area (Å²) in [5.74, 6) is 0.109. The number of rotatable bonds is 5. The van der Waals surface area contributed by atoms with Crippen molar-refractivity contribution in [3.63, 3.8) is 0 Å². The van der Waals surface area contributed by atoms with Gasteiger partial charge in [-0.3, -0.25) is 4.79 Å². The molecular weight excluding hydrogens is 220 g/mol. The van der Waals surface area contributed by atoms with E-state index < -0.39 is 9.84 Å². The van der Waals surface area contributed by atoms with Gasteiger partial charge in [-0.25, -0.2) is 8.42 Å². The molecule has 0 saturated heterocycles. The van der Waals surface area contributed by atoms with Crippen molar-refractivity contribution in [2.45, 2.75) is 12.8 Å². The molecular formula is C9H12O3S2. The summed E-state index contributed by atoms with van der Waals surface area (Å²) in [5, 5.41) is 3.62. The van der Waals surface area contributed by atoms with Crippen LogP contribution < -0.4 is 0 Å². The fourth-order valence-electron chi connectivity index (χ4n) is 1.06. The third-order valence-corrected chi connectivity index (χ3v) is 3.48. The Labute approximate surface area is 87.7 Å². The first-order valence-corrected chi connectivity index (χ1v) is 7.22. The number of hydrogen-bond donors (Lipinski definition) is 0. The first-order valence-electron chi connectivity index (χ1n) is 4.22. The van der Waals surface area contributed by atoms with Crippen LogP contribution >= 0.6 is 11.3 Å². The van der Waals surface area contributed by atoms with Crippen LogP contribution in [0.1, 0.15) is 23.2 Å². The fraction of sp³-hybridized carbons (Fsp3) is 0.444. The standard InChI is InChI=1S/C9H12O3S2/c1-14(11,12)6-2-3-9(10)8-4-5-13-7-8/h4-5,7H,2-3,6H2,1H3. The molecule has 1 rings (SSSR count).